The molecule has 2 aromatic rings. The Bertz CT molecular complexity index is 599. The van der Waals surface area contributed by atoms with Gasteiger partial charge in [0.25, 0.3) is 0 Å². The van der Waals surface area contributed by atoms with Crippen LogP contribution in [0.4, 0.5) is 0 Å². The van der Waals surface area contributed by atoms with E-state index in [0.29, 0.717) is 31.4 Å². The van der Waals surface area contributed by atoms with Gasteiger partial charge >= 0.3 is 0 Å². The molecule has 7 nitrogen and oxygen atoms in total. The summed E-state index contributed by atoms with van der Waals surface area (Å²) in [5.74, 6) is 1.98. The molecule has 1 aliphatic heterocycles. The van der Waals surface area contributed by atoms with Gasteiger partial charge in [0, 0.05) is 25.2 Å². The molecule has 1 aliphatic rings. The highest BCUT2D eigenvalue weighted by Gasteiger charge is 2.21. The third-order valence-corrected chi connectivity index (χ3v) is 3.66. The van der Waals surface area contributed by atoms with Crippen molar-refractivity contribution in [1.82, 2.24) is 15.0 Å². The maximum Gasteiger partial charge on any atom is 0.241 e. The molecule has 1 saturated heterocycles. The van der Waals surface area contributed by atoms with E-state index < -0.39 is 0 Å². The Balaban J connectivity index is 1.65. The van der Waals surface area contributed by atoms with Crippen LogP contribution in [0.15, 0.2) is 28.8 Å². The highest BCUT2D eigenvalue weighted by Crippen LogP contribution is 2.20. The van der Waals surface area contributed by atoms with Gasteiger partial charge in [0.2, 0.25) is 11.7 Å². The van der Waals surface area contributed by atoms with E-state index in [9.17, 15) is 0 Å². The molecular weight excluding hydrogens is 284 g/mol. The predicted octanol–water partition coefficient (Wildman–Crippen LogP) is 0.905. The van der Waals surface area contributed by atoms with Crippen LogP contribution in [0.1, 0.15) is 5.89 Å². The Hall–Kier alpha value is -1.96. The summed E-state index contributed by atoms with van der Waals surface area (Å²) >= 11 is 0. The second-order valence-electron chi connectivity index (χ2n) is 5.20. The van der Waals surface area contributed by atoms with Crippen molar-refractivity contribution in [3.63, 3.8) is 0 Å². The van der Waals surface area contributed by atoms with Gasteiger partial charge in [-0.15, -0.1) is 0 Å². The number of rotatable bonds is 5. The van der Waals surface area contributed by atoms with Gasteiger partial charge in [-0.25, -0.2) is 0 Å². The van der Waals surface area contributed by atoms with Crippen LogP contribution in [0.3, 0.4) is 0 Å². The summed E-state index contributed by atoms with van der Waals surface area (Å²) in [6.45, 7) is 3.45. The van der Waals surface area contributed by atoms with Gasteiger partial charge in [-0.05, 0) is 24.3 Å². The van der Waals surface area contributed by atoms with E-state index in [4.69, 9.17) is 19.7 Å². The second-order valence-corrected chi connectivity index (χ2v) is 5.20. The summed E-state index contributed by atoms with van der Waals surface area (Å²) < 4.78 is 16.0. The minimum absolute atomic E-state index is 0.0812. The van der Waals surface area contributed by atoms with Crippen molar-refractivity contribution in [2.24, 2.45) is 5.73 Å². The van der Waals surface area contributed by atoms with Crippen LogP contribution in [0.25, 0.3) is 11.4 Å². The van der Waals surface area contributed by atoms with E-state index in [1.165, 1.54) is 0 Å². The molecule has 0 bridgehead atoms. The summed E-state index contributed by atoms with van der Waals surface area (Å²) in [6.07, 6.45) is 0.0812. The van der Waals surface area contributed by atoms with E-state index >= 15 is 0 Å². The number of methoxy groups -OCH3 is 1. The standard InChI is InChI=1S/C15H20N4O3/c1-20-12-4-2-11(3-5-12)15-17-14(22-18-15)10-19-6-7-21-13(8-16)9-19/h2-5,13H,6-10,16H2,1H3. The van der Waals surface area contributed by atoms with Crippen molar-refractivity contribution >= 4 is 0 Å². The van der Waals surface area contributed by atoms with Crippen LogP contribution in [-0.4, -0.2) is 54.5 Å². The monoisotopic (exact) mass is 304 g/mol. The Morgan fingerprint density at radius 1 is 1.36 bits per heavy atom. The summed E-state index contributed by atoms with van der Waals surface area (Å²) in [7, 11) is 1.64. The lowest BCUT2D eigenvalue weighted by atomic mass is 10.2. The first kappa shape index (κ1) is 15.0. The number of nitrogens with two attached hydrogens (primary N) is 1. The van der Waals surface area contributed by atoms with Crippen LogP contribution < -0.4 is 10.5 Å². The molecule has 2 heterocycles. The molecule has 1 unspecified atom stereocenters. The molecule has 3 rings (SSSR count). The summed E-state index contributed by atoms with van der Waals surface area (Å²) in [6, 6.07) is 7.57. The van der Waals surface area contributed by atoms with Crippen molar-refractivity contribution < 1.29 is 14.0 Å². The Labute approximate surface area is 129 Å². The Morgan fingerprint density at radius 3 is 2.91 bits per heavy atom. The Kier molecular flexibility index (Phi) is 4.67. The second kappa shape index (κ2) is 6.87. The minimum atomic E-state index is 0.0812. The zero-order valence-electron chi connectivity index (χ0n) is 12.6. The van der Waals surface area contributed by atoms with Crippen LogP contribution >= 0.6 is 0 Å². The highest BCUT2D eigenvalue weighted by atomic mass is 16.5. The van der Waals surface area contributed by atoms with Crippen LogP contribution in [0.2, 0.25) is 0 Å². The molecule has 1 fully saturated rings. The minimum Gasteiger partial charge on any atom is -0.497 e. The zero-order valence-corrected chi connectivity index (χ0v) is 12.6. The fraction of sp³-hybridized carbons (Fsp3) is 0.467. The maximum atomic E-state index is 5.65. The molecule has 22 heavy (non-hydrogen) atoms. The number of hydrogen-bond donors (Lipinski definition) is 1. The molecule has 1 aromatic heterocycles. The van der Waals surface area contributed by atoms with Crippen molar-refractivity contribution in [1.29, 1.82) is 0 Å². The molecular formula is C15H20N4O3. The number of morpholine rings is 1. The molecule has 1 aromatic carbocycles. The number of ether oxygens (including phenoxy) is 2. The maximum absolute atomic E-state index is 5.65. The fourth-order valence-corrected chi connectivity index (χ4v) is 2.43. The first-order valence-electron chi connectivity index (χ1n) is 7.29. The first-order chi connectivity index (χ1) is 10.8. The van der Waals surface area contributed by atoms with Gasteiger partial charge in [-0.2, -0.15) is 4.98 Å². The average Bonchev–Trinajstić information content (AvgIpc) is 3.03. The third-order valence-electron chi connectivity index (χ3n) is 3.66. The third kappa shape index (κ3) is 3.44. The molecule has 7 heteroatoms. The van der Waals surface area contributed by atoms with Crippen LogP contribution in [-0.2, 0) is 11.3 Å². The van der Waals surface area contributed by atoms with Crippen molar-refractivity contribution in [3.8, 4) is 17.1 Å². The largest absolute Gasteiger partial charge is 0.497 e. The lowest BCUT2D eigenvalue weighted by molar-refractivity contribution is -0.0288. The van der Waals surface area contributed by atoms with Gasteiger partial charge in [0.15, 0.2) is 0 Å². The number of aromatic nitrogens is 2. The van der Waals surface area contributed by atoms with E-state index in [1.807, 2.05) is 24.3 Å². The van der Waals surface area contributed by atoms with E-state index in [2.05, 4.69) is 15.0 Å². The van der Waals surface area contributed by atoms with Crippen LogP contribution in [0, 0.1) is 0 Å². The summed E-state index contributed by atoms with van der Waals surface area (Å²) in [5.41, 5.74) is 6.55. The van der Waals surface area contributed by atoms with Gasteiger partial charge in [0.1, 0.15) is 5.75 Å². The number of benzene rings is 1. The van der Waals surface area contributed by atoms with Crippen molar-refractivity contribution in [2.75, 3.05) is 33.4 Å². The first-order valence-corrected chi connectivity index (χ1v) is 7.29. The molecule has 0 radical (unpaired) electrons. The summed E-state index contributed by atoms with van der Waals surface area (Å²) in [4.78, 5) is 6.66. The van der Waals surface area contributed by atoms with E-state index in [0.717, 1.165) is 24.4 Å². The normalized spacial score (nSPS) is 19.3. The van der Waals surface area contributed by atoms with Gasteiger partial charge in [0.05, 0.1) is 26.4 Å². The number of nitrogens with zero attached hydrogens (tertiary/aromatic N) is 3. The lowest BCUT2D eigenvalue weighted by Gasteiger charge is -2.31. The highest BCUT2D eigenvalue weighted by molar-refractivity contribution is 5.55. The number of hydrogen-bond acceptors (Lipinski definition) is 7. The molecule has 0 amide bonds. The average molecular weight is 304 g/mol. The van der Waals surface area contributed by atoms with E-state index in [1.54, 1.807) is 7.11 Å². The Morgan fingerprint density at radius 2 is 2.18 bits per heavy atom. The molecule has 0 saturated carbocycles. The van der Waals surface area contributed by atoms with Crippen molar-refractivity contribution in [2.45, 2.75) is 12.6 Å². The smallest absolute Gasteiger partial charge is 0.241 e. The fourth-order valence-electron chi connectivity index (χ4n) is 2.43. The quantitative estimate of drug-likeness (QED) is 0.878. The lowest BCUT2D eigenvalue weighted by Crippen LogP contribution is -2.45. The van der Waals surface area contributed by atoms with Gasteiger partial charge in [-0.3, -0.25) is 4.90 Å². The van der Waals surface area contributed by atoms with Crippen LogP contribution in [0.5, 0.6) is 5.75 Å². The molecule has 1 atom stereocenters. The molecule has 118 valence electrons. The zero-order chi connectivity index (χ0) is 15.4. The summed E-state index contributed by atoms with van der Waals surface area (Å²) in [5, 5.41) is 4.04. The molecule has 0 spiro atoms. The van der Waals surface area contributed by atoms with E-state index in [-0.39, 0.29) is 6.10 Å². The molecule has 2 N–H and O–H groups in total. The van der Waals surface area contributed by atoms with Crippen molar-refractivity contribution in [3.05, 3.63) is 30.2 Å². The van der Waals surface area contributed by atoms with Gasteiger partial charge < -0.3 is 19.7 Å². The van der Waals surface area contributed by atoms with Gasteiger partial charge in [-0.1, -0.05) is 5.16 Å². The molecule has 0 aliphatic carbocycles. The predicted molar refractivity (Wildman–Crippen MR) is 80.4 cm³/mol. The SMILES string of the molecule is COc1ccc(-c2noc(CN3CCOC(CN)C3)n2)cc1. The topological polar surface area (TPSA) is 86.6 Å².